The average molecular weight is 263 g/mol. The van der Waals surface area contributed by atoms with Crippen molar-refractivity contribution in [3.05, 3.63) is 65.4 Å². The number of aryl methyl sites for hydroxylation is 2. The van der Waals surface area contributed by atoms with Gasteiger partial charge in [0.2, 0.25) is 0 Å². The molecule has 0 radical (unpaired) electrons. The van der Waals surface area contributed by atoms with Gasteiger partial charge in [-0.1, -0.05) is 32.0 Å². The van der Waals surface area contributed by atoms with E-state index in [2.05, 4.69) is 80.9 Å². The molecule has 20 heavy (non-hydrogen) atoms. The van der Waals surface area contributed by atoms with Gasteiger partial charge in [-0.15, -0.1) is 0 Å². The summed E-state index contributed by atoms with van der Waals surface area (Å²) in [6.45, 7) is 8.80. The van der Waals surface area contributed by atoms with E-state index in [-0.39, 0.29) is 0 Å². The van der Waals surface area contributed by atoms with Gasteiger partial charge in [0.25, 0.3) is 0 Å². The lowest BCUT2D eigenvalue weighted by Gasteiger charge is -2.10. The number of benzene rings is 2. The SMILES string of the molecule is Cc1cc(C)c2ccn(-c3ccc(C(C)C)cc3)c2c1. The fraction of sp³-hybridized carbons (Fsp3) is 0.263. The first-order chi connectivity index (χ1) is 9.56. The molecule has 0 atom stereocenters. The molecule has 102 valence electrons. The van der Waals surface area contributed by atoms with Crippen LogP contribution >= 0.6 is 0 Å². The molecule has 1 nitrogen and oxygen atoms in total. The van der Waals surface area contributed by atoms with Gasteiger partial charge in [-0.05, 0) is 60.7 Å². The lowest BCUT2D eigenvalue weighted by atomic mass is 10.0. The molecule has 1 aromatic heterocycles. The topological polar surface area (TPSA) is 4.93 Å². The first kappa shape index (κ1) is 13.0. The van der Waals surface area contributed by atoms with E-state index in [1.165, 1.54) is 33.3 Å². The number of hydrogen-bond donors (Lipinski definition) is 0. The monoisotopic (exact) mass is 263 g/mol. The van der Waals surface area contributed by atoms with Crippen LogP contribution in [-0.4, -0.2) is 4.57 Å². The molecule has 1 heteroatoms. The highest BCUT2D eigenvalue weighted by Crippen LogP contribution is 2.25. The smallest absolute Gasteiger partial charge is 0.0533 e. The highest BCUT2D eigenvalue weighted by atomic mass is 15.0. The molecule has 1 heterocycles. The van der Waals surface area contributed by atoms with E-state index >= 15 is 0 Å². The summed E-state index contributed by atoms with van der Waals surface area (Å²) >= 11 is 0. The molecule has 3 rings (SSSR count). The summed E-state index contributed by atoms with van der Waals surface area (Å²) in [5, 5.41) is 1.34. The van der Waals surface area contributed by atoms with Crippen molar-refractivity contribution < 1.29 is 0 Å². The molecular weight excluding hydrogens is 242 g/mol. The zero-order valence-corrected chi connectivity index (χ0v) is 12.6. The Bertz CT molecular complexity index is 745. The largest absolute Gasteiger partial charge is 0.317 e. The third kappa shape index (κ3) is 2.14. The van der Waals surface area contributed by atoms with E-state index in [0.29, 0.717) is 5.92 Å². The van der Waals surface area contributed by atoms with Gasteiger partial charge in [-0.25, -0.2) is 0 Å². The van der Waals surface area contributed by atoms with Gasteiger partial charge in [-0.3, -0.25) is 0 Å². The number of aromatic nitrogens is 1. The first-order valence-electron chi connectivity index (χ1n) is 7.25. The van der Waals surface area contributed by atoms with E-state index < -0.39 is 0 Å². The molecule has 0 fully saturated rings. The maximum atomic E-state index is 2.28. The van der Waals surface area contributed by atoms with E-state index in [4.69, 9.17) is 0 Å². The molecule has 0 saturated carbocycles. The molecule has 0 saturated heterocycles. The molecule has 0 aliphatic rings. The number of hydrogen-bond acceptors (Lipinski definition) is 0. The predicted octanol–water partition coefficient (Wildman–Crippen LogP) is 5.37. The Morgan fingerprint density at radius 1 is 0.900 bits per heavy atom. The van der Waals surface area contributed by atoms with Crippen molar-refractivity contribution in [1.82, 2.24) is 4.57 Å². The summed E-state index contributed by atoms with van der Waals surface area (Å²) in [4.78, 5) is 0. The molecule has 0 aliphatic carbocycles. The van der Waals surface area contributed by atoms with Gasteiger partial charge < -0.3 is 4.57 Å². The average Bonchev–Trinajstić information content (AvgIpc) is 2.82. The zero-order chi connectivity index (χ0) is 14.3. The third-order valence-electron chi connectivity index (χ3n) is 4.00. The normalized spacial score (nSPS) is 11.4. The van der Waals surface area contributed by atoms with Crippen molar-refractivity contribution in [1.29, 1.82) is 0 Å². The van der Waals surface area contributed by atoms with Crippen LogP contribution in [0, 0.1) is 13.8 Å². The Kier molecular flexibility index (Phi) is 3.13. The first-order valence-corrected chi connectivity index (χ1v) is 7.25. The molecule has 2 aromatic carbocycles. The second-order valence-electron chi connectivity index (χ2n) is 5.95. The van der Waals surface area contributed by atoms with Crippen LogP contribution in [0.1, 0.15) is 36.5 Å². The van der Waals surface area contributed by atoms with Crippen molar-refractivity contribution in [2.75, 3.05) is 0 Å². The van der Waals surface area contributed by atoms with Gasteiger partial charge in [0.15, 0.2) is 0 Å². The molecule has 0 spiro atoms. The Morgan fingerprint density at radius 3 is 2.25 bits per heavy atom. The maximum Gasteiger partial charge on any atom is 0.0533 e. The Morgan fingerprint density at radius 2 is 1.60 bits per heavy atom. The molecule has 0 amide bonds. The number of nitrogens with zero attached hydrogens (tertiary/aromatic N) is 1. The second kappa shape index (κ2) is 4.82. The minimum atomic E-state index is 0.579. The molecule has 0 bridgehead atoms. The summed E-state index contributed by atoms with van der Waals surface area (Å²) in [6, 6.07) is 15.6. The minimum absolute atomic E-state index is 0.579. The van der Waals surface area contributed by atoms with Gasteiger partial charge in [0, 0.05) is 17.3 Å². The van der Waals surface area contributed by atoms with Crippen molar-refractivity contribution >= 4 is 10.9 Å². The molecule has 0 unspecified atom stereocenters. The summed E-state index contributed by atoms with van der Waals surface area (Å²) in [5.74, 6) is 0.579. The summed E-state index contributed by atoms with van der Waals surface area (Å²) in [6.07, 6.45) is 2.17. The standard InChI is InChI=1S/C19H21N/c1-13(2)16-5-7-17(8-6-16)20-10-9-18-15(4)11-14(3)12-19(18)20/h5-13H,1-4H3. The Labute approximate surface area is 120 Å². The van der Waals surface area contributed by atoms with Crippen LogP contribution < -0.4 is 0 Å². The van der Waals surface area contributed by atoms with E-state index in [1.54, 1.807) is 0 Å². The van der Waals surface area contributed by atoms with Gasteiger partial charge >= 0.3 is 0 Å². The van der Waals surface area contributed by atoms with Gasteiger partial charge in [0.05, 0.1) is 5.52 Å². The molecular formula is C19H21N. The van der Waals surface area contributed by atoms with Crippen molar-refractivity contribution in [2.45, 2.75) is 33.6 Å². The van der Waals surface area contributed by atoms with E-state index in [0.717, 1.165) is 0 Å². The van der Waals surface area contributed by atoms with Crippen LogP contribution in [0.5, 0.6) is 0 Å². The predicted molar refractivity (Wildman–Crippen MR) is 86.8 cm³/mol. The third-order valence-corrected chi connectivity index (χ3v) is 4.00. The fourth-order valence-corrected chi connectivity index (χ4v) is 2.85. The highest BCUT2D eigenvalue weighted by Gasteiger charge is 2.06. The number of rotatable bonds is 2. The van der Waals surface area contributed by atoms with Crippen LogP contribution in [0.25, 0.3) is 16.6 Å². The van der Waals surface area contributed by atoms with Crippen LogP contribution in [0.2, 0.25) is 0 Å². The summed E-state index contributed by atoms with van der Waals surface area (Å²) in [7, 11) is 0. The van der Waals surface area contributed by atoms with Gasteiger partial charge in [0.1, 0.15) is 0 Å². The van der Waals surface area contributed by atoms with Crippen molar-refractivity contribution in [3.8, 4) is 5.69 Å². The van der Waals surface area contributed by atoms with Crippen molar-refractivity contribution in [3.63, 3.8) is 0 Å². The lowest BCUT2D eigenvalue weighted by molar-refractivity contribution is 0.865. The Hall–Kier alpha value is -2.02. The number of fused-ring (bicyclic) bond motifs is 1. The zero-order valence-electron chi connectivity index (χ0n) is 12.6. The molecule has 3 aromatic rings. The lowest BCUT2D eigenvalue weighted by Crippen LogP contribution is -1.94. The van der Waals surface area contributed by atoms with Crippen LogP contribution in [-0.2, 0) is 0 Å². The Balaban J connectivity index is 2.14. The van der Waals surface area contributed by atoms with Crippen LogP contribution in [0.4, 0.5) is 0 Å². The summed E-state index contributed by atoms with van der Waals surface area (Å²) in [5.41, 5.74) is 6.57. The minimum Gasteiger partial charge on any atom is -0.317 e. The highest BCUT2D eigenvalue weighted by molar-refractivity contribution is 5.85. The van der Waals surface area contributed by atoms with Crippen LogP contribution in [0.3, 0.4) is 0 Å². The summed E-state index contributed by atoms with van der Waals surface area (Å²) < 4.78 is 2.28. The van der Waals surface area contributed by atoms with E-state index in [9.17, 15) is 0 Å². The van der Waals surface area contributed by atoms with E-state index in [1.807, 2.05) is 0 Å². The maximum absolute atomic E-state index is 2.28. The molecule has 0 aliphatic heterocycles. The van der Waals surface area contributed by atoms with Crippen LogP contribution in [0.15, 0.2) is 48.7 Å². The fourth-order valence-electron chi connectivity index (χ4n) is 2.85. The second-order valence-corrected chi connectivity index (χ2v) is 5.95. The quantitative estimate of drug-likeness (QED) is 0.585. The van der Waals surface area contributed by atoms with Gasteiger partial charge in [-0.2, -0.15) is 0 Å². The molecule has 0 N–H and O–H groups in total. The van der Waals surface area contributed by atoms with Crippen molar-refractivity contribution in [2.24, 2.45) is 0 Å².